The third-order valence-electron chi connectivity index (χ3n) is 2.72. The predicted molar refractivity (Wildman–Crippen MR) is 67.9 cm³/mol. The van der Waals surface area contributed by atoms with Crippen LogP contribution in [0.5, 0.6) is 0 Å². The molecule has 0 spiro atoms. The van der Waals surface area contributed by atoms with Crippen LogP contribution < -0.4 is 5.32 Å². The Bertz CT molecular complexity index is 320. The minimum Gasteiger partial charge on any atom is -0.377 e. The second-order valence-corrected chi connectivity index (χ2v) is 6.81. The fraction of sp³-hybridized carbons (Fsp3) is 0.700. The first-order valence-electron chi connectivity index (χ1n) is 5.53. The number of hydrogen-bond acceptors (Lipinski definition) is 5. The molecule has 0 aliphatic rings. The highest BCUT2D eigenvalue weighted by molar-refractivity contribution is 6.60. The summed E-state index contributed by atoms with van der Waals surface area (Å²) in [5, 5.41) is 3.29. The van der Waals surface area contributed by atoms with E-state index in [-0.39, 0.29) is 0 Å². The molecule has 0 amide bonds. The molecule has 1 N–H and O–H groups in total. The first kappa shape index (κ1) is 14.2. The standard InChI is InChI=1S/C10H21N3O3Si/c1-13-9-11-8-10(13)12-6-5-7-17(14-2,15-3)16-4/h8-9,12H,5-7H2,1-4H3. The number of aromatic nitrogens is 2. The van der Waals surface area contributed by atoms with E-state index in [1.54, 1.807) is 33.9 Å². The van der Waals surface area contributed by atoms with E-state index in [2.05, 4.69) is 10.3 Å². The zero-order chi connectivity index (χ0) is 12.7. The lowest BCUT2D eigenvalue weighted by atomic mass is 10.5. The summed E-state index contributed by atoms with van der Waals surface area (Å²) in [6.07, 6.45) is 4.49. The van der Waals surface area contributed by atoms with Gasteiger partial charge in [0.15, 0.2) is 0 Å². The summed E-state index contributed by atoms with van der Waals surface area (Å²) < 4.78 is 18.0. The van der Waals surface area contributed by atoms with Crippen LogP contribution in [-0.4, -0.2) is 46.2 Å². The number of hydrogen-bond donors (Lipinski definition) is 1. The molecule has 1 aromatic rings. The Morgan fingerprint density at radius 2 is 1.94 bits per heavy atom. The van der Waals surface area contributed by atoms with Gasteiger partial charge in [-0.1, -0.05) is 0 Å². The van der Waals surface area contributed by atoms with Crippen molar-refractivity contribution in [2.24, 2.45) is 7.05 Å². The van der Waals surface area contributed by atoms with Gasteiger partial charge in [-0.15, -0.1) is 0 Å². The van der Waals surface area contributed by atoms with Gasteiger partial charge >= 0.3 is 8.80 Å². The molecule has 0 fully saturated rings. The zero-order valence-corrected chi connectivity index (χ0v) is 11.9. The molecule has 0 radical (unpaired) electrons. The fourth-order valence-corrected chi connectivity index (χ4v) is 3.33. The highest BCUT2D eigenvalue weighted by Gasteiger charge is 2.36. The van der Waals surface area contributed by atoms with Crippen LogP contribution in [0.1, 0.15) is 6.42 Å². The second-order valence-electron chi connectivity index (χ2n) is 3.72. The predicted octanol–water partition coefficient (Wildman–Crippen LogP) is 1.10. The van der Waals surface area contributed by atoms with E-state index >= 15 is 0 Å². The Hall–Kier alpha value is -0.893. The first-order valence-corrected chi connectivity index (χ1v) is 7.46. The van der Waals surface area contributed by atoms with E-state index in [4.69, 9.17) is 13.3 Å². The largest absolute Gasteiger partial charge is 0.500 e. The average Bonchev–Trinajstić information content (AvgIpc) is 2.76. The van der Waals surface area contributed by atoms with E-state index in [0.29, 0.717) is 0 Å². The fourth-order valence-electron chi connectivity index (χ4n) is 1.61. The number of anilines is 1. The molecule has 0 aromatic carbocycles. The van der Waals surface area contributed by atoms with Gasteiger partial charge in [0.1, 0.15) is 5.82 Å². The average molecular weight is 259 g/mol. The van der Waals surface area contributed by atoms with Crippen molar-refractivity contribution in [2.75, 3.05) is 33.2 Å². The molecule has 0 aliphatic carbocycles. The minimum absolute atomic E-state index is 0.793. The summed E-state index contributed by atoms with van der Waals surface area (Å²) >= 11 is 0. The van der Waals surface area contributed by atoms with E-state index < -0.39 is 8.80 Å². The van der Waals surface area contributed by atoms with Crippen molar-refractivity contribution >= 4 is 14.6 Å². The molecule has 98 valence electrons. The van der Waals surface area contributed by atoms with Gasteiger partial charge in [-0.25, -0.2) is 4.98 Å². The smallest absolute Gasteiger partial charge is 0.377 e. The Kier molecular flexibility index (Phi) is 5.62. The molecule has 0 unspecified atom stereocenters. The number of imidazole rings is 1. The number of rotatable bonds is 8. The Balaban J connectivity index is 2.30. The van der Waals surface area contributed by atoms with E-state index in [0.717, 1.165) is 24.8 Å². The van der Waals surface area contributed by atoms with Crippen molar-refractivity contribution in [2.45, 2.75) is 12.5 Å². The van der Waals surface area contributed by atoms with E-state index in [1.165, 1.54) is 0 Å². The zero-order valence-electron chi connectivity index (χ0n) is 10.9. The summed E-state index contributed by atoms with van der Waals surface area (Å²) in [6, 6.07) is 0.793. The molecule has 7 heteroatoms. The number of nitrogens with one attached hydrogen (secondary N) is 1. The molecule has 0 bridgehead atoms. The van der Waals surface area contributed by atoms with Crippen LogP contribution in [-0.2, 0) is 20.3 Å². The molecule has 1 heterocycles. The van der Waals surface area contributed by atoms with Gasteiger partial charge in [0, 0.05) is 41.0 Å². The van der Waals surface area contributed by atoms with Crippen LogP contribution in [0.4, 0.5) is 5.82 Å². The number of nitrogens with zero attached hydrogens (tertiary/aromatic N) is 2. The Morgan fingerprint density at radius 3 is 2.41 bits per heavy atom. The molecule has 17 heavy (non-hydrogen) atoms. The van der Waals surface area contributed by atoms with Crippen molar-refractivity contribution < 1.29 is 13.3 Å². The second kappa shape index (κ2) is 6.75. The highest BCUT2D eigenvalue weighted by Crippen LogP contribution is 2.15. The van der Waals surface area contributed by atoms with Crippen molar-refractivity contribution in [1.29, 1.82) is 0 Å². The maximum Gasteiger partial charge on any atom is 0.500 e. The minimum atomic E-state index is -2.42. The molecular weight excluding hydrogens is 238 g/mol. The lowest BCUT2D eigenvalue weighted by Crippen LogP contribution is -2.42. The molecule has 1 rings (SSSR count). The van der Waals surface area contributed by atoms with Gasteiger partial charge in [-0.2, -0.15) is 0 Å². The van der Waals surface area contributed by atoms with Crippen LogP contribution in [0, 0.1) is 0 Å². The third kappa shape index (κ3) is 3.81. The lowest BCUT2D eigenvalue weighted by Gasteiger charge is -2.24. The van der Waals surface area contributed by atoms with E-state index in [1.807, 2.05) is 11.6 Å². The maximum absolute atomic E-state index is 5.35. The van der Waals surface area contributed by atoms with Gasteiger partial charge in [0.2, 0.25) is 0 Å². The van der Waals surface area contributed by atoms with Gasteiger partial charge in [0.25, 0.3) is 0 Å². The third-order valence-corrected chi connectivity index (χ3v) is 5.55. The summed E-state index contributed by atoms with van der Waals surface area (Å²) in [4.78, 5) is 4.03. The quantitative estimate of drug-likeness (QED) is 0.559. The Morgan fingerprint density at radius 1 is 1.29 bits per heavy atom. The molecule has 0 saturated heterocycles. The molecule has 0 aliphatic heterocycles. The Labute approximate surface area is 103 Å². The van der Waals surface area contributed by atoms with Crippen LogP contribution in [0.25, 0.3) is 0 Å². The number of aryl methyl sites for hydroxylation is 1. The first-order chi connectivity index (χ1) is 8.17. The lowest BCUT2D eigenvalue weighted by molar-refractivity contribution is 0.123. The molecular formula is C10H21N3O3Si. The van der Waals surface area contributed by atoms with Crippen molar-refractivity contribution in [1.82, 2.24) is 9.55 Å². The van der Waals surface area contributed by atoms with Crippen LogP contribution in [0.15, 0.2) is 12.5 Å². The summed E-state index contributed by atoms with van der Waals surface area (Å²) in [6.45, 7) is 0.838. The van der Waals surface area contributed by atoms with E-state index in [9.17, 15) is 0 Å². The van der Waals surface area contributed by atoms with Crippen LogP contribution in [0.2, 0.25) is 6.04 Å². The topological polar surface area (TPSA) is 57.5 Å². The van der Waals surface area contributed by atoms with Crippen molar-refractivity contribution in [3.63, 3.8) is 0 Å². The molecule has 6 nitrogen and oxygen atoms in total. The SMILES string of the molecule is CO[Si](CCCNc1cncn1C)(OC)OC. The van der Waals surface area contributed by atoms with Gasteiger partial charge in [-0.05, 0) is 6.42 Å². The molecule has 0 atom stereocenters. The summed E-state index contributed by atoms with van der Waals surface area (Å²) in [7, 11) is 4.43. The molecule has 0 saturated carbocycles. The summed E-state index contributed by atoms with van der Waals surface area (Å²) in [5.74, 6) is 1.00. The highest BCUT2D eigenvalue weighted by atomic mass is 28.4. The van der Waals surface area contributed by atoms with Gasteiger partial charge < -0.3 is 23.2 Å². The van der Waals surface area contributed by atoms with Gasteiger partial charge in [-0.3, -0.25) is 0 Å². The maximum atomic E-state index is 5.35. The normalized spacial score (nSPS) is 11.8. The van der Waals surface area contributed by atoms with Gasteiger partial charge in [0.05, 0.1) is 12.5 Å². The van der Waals surface area contributed by atoms with Crippen molar-refractivity contribution in [3.05, 3.63) is 12.5 Å². The molecule has 1 aromatic heterocycles. The summed E-state index contributed by atoms with van der Waals surface area (Å²) in [5.41, 5.74) is 0. The van der Waals surface area contributed by atoms with Crippen molar-refractivity contribution in [3.8, 4) is 0 Å². The van der Waals surface area contributed by atoms with Crippen LogP contribution in [0.3, 0.4) is 0 Å². The monoisotopic (exact) mass is 259 g/mol. The van der Waals surface area contributed by atoms with Crippen LogP contribution >= 0.6 is 0 Å².